The maximum Gasteiger partial charge on any atom is 0.384 e. The number of halogens is 12. The summed E-state index contributed by atoms with van der Waals surface area (Å²) in [6.45, 7) is -3.38. The van der Waals surface area contributed by atoms with Crippen LogP contribution >= 0.6 is 23.2 Å². The molecular weight excluding hydrogens is 333 g/mol. The third-order valence-corrected chi connectivity index (χ3v) is 2.25. The molecule has 0 fully saturated rings. The highest BCUT2D eigenvalue weighted by molar-refractivity contribution is 6.47. The second kappa shape index (κ2) is 4.46. The number of alkyl halides is 12. The Kier molecular flexibility index (Phi) is 4.43. The Morgan fingerprint density at radius 1 is 0.611 bits per heavy atom. The van der Waals surface area contributed by atoms with E-state index in [9.17, 15) is 43.9 Å². The maximum absolute atomic E-state index is 12.6. The van der Waals surface area contributed by atoms with Gasteiger partial charge in [-0.1, -0.05) is 23.2 Å². The SMILES string of the molecule is FCC(F)(F)C(F)(F)C(F)(F)C(F)(F)C(F)(Cl)Cl. The fraction of sp³-hybridized carbons (Fsp3) is 1.00. The minimum absolute atomic E-state index is 3.38. The summed E-state index contributed by atoms with van der Waals surface area (Å²) in [7, 11) is 0. The Balaban J connectivity index is 5.80. The van der Waals surface area contributed by atoms with Crippen LogP contribution in [0, 0.1) is 0 Å². The van der Waals surface area contributed by atoms with Crippen molar-refractivity contribution in [2.24, 2.45) is 0 Å². The Labute approximate surface area is 103 Å². The van der Waals surface area contributed by atoms with Gasteiger partial charge >= 0.3 is 28.3 Å². The van der Waals surface area contributed by atoms with Crippen LogP contribution in [-0.4, -0.2) is 35.0 Å². The van der Waals surface area contributed by atoms with Crippen molar-refractivity contribution in [2.75, 3.05) is 6.67 Å². The van der Waals surface area contributed by atoms with Gasteiger partial charge in [-0.2, -0.15) is 35.1 Å². The third-order valence-electron chi connectivity index (χ3n) is 1.77. The molecule has 0 atom stereocenters. The van der Waals surface area contributed by atoms with Crippen LogP contribution in [0.1, 0.15) is 0 Å². The second-order valence-corrected chi connectivity index (χ2v) is 4.29. The van der Waals surface area contributed by atoms with Crippen molar-refractivity contribution in [3.8, 4) is 0 Å². The summed E-state index contributed by atoms with van der Waals surface area (Å²) in [5, 5.41) is 0. The summed E-state index contributed by atoms with van der Waals surface area (Å²) in [5.74, 6) is -26.7. The van der Waals surface area contributed by atoms with Crippen molar-refractivity contribution < 1.29 is 43.9 Å². The summed E-state index contributed by atoms with van der Waals surface area (Å²) in [6.07, 6.45) is 0. The van der Waals surface area contributed by atoms with Crippen LogP contribution in [-0.2, 0) is 0 Å². The Hall–Kier alpha value is -0.120. The molecule has 110 valence electrons. The lowest BCUT2D eigenvalue weighted by molar-refractivity contribution is -0.375. The van der Waals surface area contributed by atoms with Crippen molar-refractivity contribution in [3.05, 3.63) is 0 Å². The summed E-state index contributed by atoms with van der Waals surface area (Å²) in [4.78, 5) is 0. The smallest absolute Gasteiger partial charge is 0.244 e. The molecular formula is C6H2Cl2F10. The molecule has 0 nitrogen and oxygen atoms in total. The van der Waals surface area contributed by atoms with Gasteiger partial charge in [-0.25, -0.2) is 8.78 Å². The summed E-state index contributed by atoms with van der Waals surface area (Å²) >= 11 is 7.81. The average Bonchev–Trinajstić information content (AvgIpc) is 2.15. The van der Waals surface area contributed by atoms with Gasteiger partial charge in [-0.05, 0) is 0 Å². The number of rotatable bonds is 5. The van der Waals surface area contributed by atoms with E-state index in [0.29, 0.717) is 0 Å². The molecule has 0 aliphatic heterocycles. The number of hydrogen-bond donors (Lipinski definition) is 0. The van der Waals surface area contributed by atoms with Gasteiger partial charge in [0, 0.05) is 0 Å². The molecule has 0 aromatic carbocycles. The predicted octanol–water partition coefficient (Wildman–Crippen LogP) is 4.60. The molecule has 0 heterocycles. The van der Waals surface area contributed by atoms with E-state index < -0.39 is 35.0 Å². The molecule has 0 unspecified atom stereocenters. The van der Waals surface area contributed by atoms with Crippen molar-refractivity contribution in [2.45, 2.75) is 28.3 Å². The Morgan fingerprint density at radius 2 is 0.944 bits per heavy atom. The molecule has 0 N–H and O–H groups in total. The van der Waals surface area contributed by atoms with E-state index in [2.05, 4.69) is 23.2 Å². The lowest BCUT2D eigenvalue weighted by atomic mass is 10.00. The molecule has 0 aliphatic carbocycles. The van der Waals surface area contributed by atoms with Gasteiger partial charge in [-0.15, -0.1) is 0 Å². The fourth-order valence-corrected chi connectivity index (χ4v) is 0.926. The minimum atomic E-state index is -7.03. The summed E-state index contributed by atoms with van der Waals surface area (Å²) < 4.78 is 118. The van der Waals surface area contributed by atoms with E-state index in [-0.39, 0.29) is 0 Å². The van der Waals surface area contributed by atoms with Crippen LogP contribution in [0.2, 0.25) is 0 Å². The monoisotopic (exact) mass is 334 g/mol. The lowest BCUT2D eigenvalue weighted by Crippen LogP contribution is -2.66. The Bertz CT molecular complexity index is 306. The first-order valence-corrected chi connectivity index (χ1v) is 4.46. The maximum atomic E-state index is 12.6. The highest BCUT2D eigenvalue weighted by atomic mass is 35.5. The van der Waals surface area contributed by atoms with Gasteiger partial charge in [0.2, 0.25) is 0 Å². The molecule has 12 heteroatoms. The molecule has 0 aliphatic rings. The lowest BCUT2D eigenvalue weighted by Gasteiger charge is -2.37. The topological polar surface area (TPSA) is 0 Å². The van der Waals surface area contributed by atoms with Crippen molar-refractivity contribution >= 4 is 23.2 Å². The van der Waals surface area contributed by atoms with Crippen molar-refractivity contribution in [3.63, 3.8) is 0 Å². The summed E-state index contributed by atoms with van der Waals surface area (Å²) in [5.41, 5.74) is 0. The van der Waals surface area contributed by atoms with E-state index in [1.54, 1.807) is 0 Å². The van der Waals surface area contributed by atoms with Gasteiger partial charge < -0.3 is 0 Å². The zero-order chi connectivity index (χ0) is 15.2. The molecule has 18 heavy (non-hydrogen) atoms. The van der Waals surface area contributed by atoms with Crippen LogP contribution in [0.4, 0.5) is 43.9 Å². The molecule has 0 amide bonds. The molecule has 0 rings (SSSR count). The van der Waals surface area contributed by atoms with Crippen LogP contribution in [0.3, 0.4) is 0 Å². The van der Waals surface area contributed by atoms with Crippen LogP contribution < -0.4 is 0 Å². The Morgan fingerprint density at radius 3 is 1.17 bits per heavy atom. The van der Waals surface area contributed by atoms with E-state index in [0.717, 1.165) is 0 Å². The van der Waals surface area contributed by atoms with Crippen LogP contribution in [0.5, 0.6) is 0 Å². The van der Waals surface area contributed by atoms with Crippen LogP contribution in [0.25, 0.3) is 0 Å². The standard InChI is InChI=1S/C6H2Cl2F10/c7-6(8,18)5(16,17)4(14,15)3(12,13)2(10,11)1-9/h1H2. The van der Waals surface area contributed by atoms with Gasteiger partial charge in [0.1, 0.15) is 0 Å². The molecule has 0 aromatic rings. The second-order valence-electron chi connectivity index (χ2n) is 3.06. The zero-order valence-electron chi connectivity index (χ0n) is 7.74. The largest absolute Gasteiger partial charge is 0.384 e. The molecule has 0 bridgehead atoms. The quantitative estimate of drug-likeness (QED) is 0.509. The van der Waals surface area contributed by atoms with Gasteiger partial charge in [0.15, 0.2) is 6.67 Å². The van der Waals surface area contributed by atoms with Gasteiger partial charge in [0.25, 0.3) is 0 Å². The van der Waals surface area contributed by atoms with Gasteiger partial charge in [-0.3, -0.25) is 0 Å². The highest BCUT2D eigenvalue weighted by Crippen LogP contribution is 2.58. The molecule has 0 saturated carbocycles. The molecule has 0 spiro atoms. The first-order chi connectivity index (χ1) is 7.56. The normalized spacial score (nSPS) is 16.0. The highest BCUT2D eigenvalue weighted by Gasteiger charge is 2.85. The minimum Gasteiger partial charge on any atom is -0.244 e. The zero-order valence-corrected chi connectivity index (χ0v) is 9.25. The van der Waals surface area contributed by atoms with E-state index in [4.69, 9.17) is 0 Å². The van der Waals surface area contributed by atoms with Crippen molar-refractivity contribution in [1.82, 2.24) is 0 Å². The molecule has 0 saturated heterocycles. The predicted molar refractivity (Wildman–Crippen MR) is 41.3 cm³/mol. The molecule has 0 radical (unpaired) electrons. The first kappa shape index (κ1) is 17.9. The van der Waals surface area contributed by atoms with Crippen LogP contribution in [0.15, 0.2) is 0 Å². The van der Waals surface area contributed by atoms with E-state index in [1.165, 1.54) is 0 Å². The summed E-state index contributed by atoms with van der Waals surface area (Å²) in [6, 6.07) is 0. The average molecular weight is 335 g/mol. The fourth-order valence-electron chi connectivity index (χ4n) is 0.689. The first-order valence-electron chi connectivity index (χ1n) is 3.70. The van der Waals surface area contributed by atoms with E-state index in [1.807, 2.05) is 0 Å². The van der Waals surface area contributed by atoms with E-state index >= 15 is 0 Å². The van der Waals surface area contributed by atoms with Gasteiger partial charge in [0.05, 0.1) is 0 Å². The third kappa shape index (κ3) is 2.33. The van der Waals surface area contributed by atoms with Crippen molar-refractivity contribution in [1.29, 1.82) is 0 Å². The molecule has 0 aromatic heterocycles. The number of hydrogen-bond acceptors (Lipinski definition) is 0.